The van der Waals surface area contributed by atoms with Crippen molar-refractivity contribution < 1.29 is 4.42 Å². The Morgan fingerprint density at radius 2 is 0.909 bits per heavy atom. The van der Waals surface area contributed by atoms with Crippen LogP contribution in [0.15, 0.2) is 205 Å². The summed E-state index contributed by atoms with van der Waals surface area (Å²) in [5.41, 5.74) is 12.3. The predicted octanol–water partition coefficient (Wildman–Crippen LogP) is 15.6. The van der Waals surface area contributed by atoms with Crippen molar-refractivity contribution in [1.82, 2.24) is 0 Å². The molecule has 0 bridgehead atoms. The molecule has 2 heterocycles. The van der Waals surface area contributed by atoms with E-state index >= 15 is 0 Å². The van der Waals surface area contributed by atoms with E-state index in [2.05, 4.69) is 205 Å². The van der Waals surface area contributed by atoms with Gasteiger partial charge in [0.05, 0.1) is 5.69 Å². The van der Waals surface area contributed by atoms with Crippen LogP contribution in [0.4, 0.5) is 17.1 Å². The molecule has 55 heavy (non-hydrogen) atoms. The Kier molecular flexibility index (Phi) is 7.39. The minimum atomic E-state index is 0.895. The molecule has 3 heteroatoms. The van der Waals surface area contributed by atoms with Crippen LogP contribution >= 0.6 is 11.3 Å². The maximum Gasteiger partial charge on any atom is 0.136 e. The summed E-state index contributed by atoms with van der Waals surface area (Å²) in [6.07, 6.45) is 0. The quantitative estimate of drug-likeness (QED) is 0.170. The molecule has 0 aliphatic rings. The molecule has 2 nitrogen and oxygen atoms in total. The second kappa shape index (κ2) is 12.9. The average molecular weight is 720 g/mol. The first kappa shape index (κ1) is 31.6. The minimum Gasteiger partial charge on any atom is -0.456 e. The molecule has 11 aromatic rings. The van der Waals surface area contributed by atoms with Crippen LogP contribution < -0.4 is 4.90 Å². The number of benzene rings is 9. The highest BCUT2D eigenvalue weighted by Crippen LogP contribution is 2.46. The Morgan fingerprint density at radius 1 is 0.345 bits per heavy atom. The highest BCUT2D eigenvalue weighted by atomic mass is 32.1. The fourth-order valence-corrected chi connectivity index (χ4v) is 9.41. The summed E-state index contributed by atoms with van der Waals surface area (Å²) in [4.78, 5) is 2.41. The molecule has 0 atom stereocenters. The van der Waals surface area contributed by atoms with Gasteiger partial charge in [0, 0.05) is 42.3 Å². The van der Waals surface area contributed by atoms with Gasteiger partial charge in [-0.3, -0.25) is 0 Å². The van der Waals surface area contributed by atoms with Gasteiger partial charge in [-0.15, -0.1) is 11.3 Å². The summed E-state index contributed by atoms with van der Waals surface area (Å²) >= 11 is 1.85. The van der Waals surface area contributed by atoms with E-state index in [4.69, 9.17) is 4.42 Å². The molecule has 0 aliphatic heterocycles. The van der Waals surface area contributed by atoms with E-state index in [1.807, 2.05) is 11.3 Å². The van der Waals surface area contributed by atoms with Crippen molar-refractivity contribution >= 4 is 81.3 Å². The van der Waals surface area contributed by atoms with Gasteiger partial charge in [0.2, 0.25) is 0 Å². The molecule has 9 aromatic carbocycles. The van der Waals surface area contributed by atoms with Crippen molar-refractivity contribution in [1.29, 1.82) is 0 Å². The number of rotatable bonds is 6. The number of anilines is 3. The van der Waals surface area contributed by atoms with Gasteiger partial charge in [-0.2, -0.15) is 0 Å². The van der Waals surface area contributed by atoms with Crippen LogP contribution in [0.5, 0.6) is 0 Å². The molecular weight excluding hydrogens is 687 g/mol. The molecule has 2 aromatic heterocycles. The molecular formula is C52H33NOS. The number of hydrogen-bond acceptors (Lipinski definition) is 3. The van der Waals surface area contributed by atoms with Gasteiger partial charge in [0.25, 0.3) is 0 Å². The molecule has 0 fully saturated rings. The van der Waals surface area contributed by atoms with E-state index in [1.165, 1.54) is 58.9 Å². The topological polar surface area (TPSA) is 16.4 Å². The third kappa shape index (κ3) is 5.32. The normalized spacial score (nSPS) is 11.6. The number of thiophene rings is 1. The molecule has 0 amide bonds. The van der Waals surface area contributed by atoms with Crippen molar-refractivity contribution in [3.05, 3.63) is 200 Å². The van der Waals surface area contributed by atoms with Gasteiger partial charge in [0.1, 0.15) is 11.2 Å². The number of furan rings is 1. The molecule has 0 radical (unpaired) electrons. The van der Waals surface area contributed by atoms with Crippen LogP contribution in [0, 0.1) is 0 Å². The average Bonchev–Trinajstić information content (AvgIpc) is 3.83. The predicted molar refractivity (Wildman–Crippen MR) is 235 cm³/mol. The molecule has 0 aliphatic carbocycles. The number of nitrogens with zero attached hydrogens (tertiary/aromatic N) is 1. The SMILES string of the molecule is c1ccc(-c2ccc(N(c3ccc(-c4ccc5oc6cc(-c7ccccc7)c7ccccc7c6c5c4)cc3)c3cccc4sc5ccccc5c34)cc2)cc1. The Hall–Kier alpha value is -6.94. The Morgan fingerprint density at radius 3 is 1.64 bits per heavy atom. The first-order chi connectivity index (χ1) is 27.3. The number of hydrogen-bond donors (Lipinski definition) is 0. The van der Waals surface area contributed by atoms with E-state index in [0.29, 0.717) is 0 Å². The third-order valence-electron chi connectivity index (χ3n) is 10.9. The molecule has 0 saturated heterocycles. The highest BCUT2D eigenvalue weighted by Gasteiger charge is 2.20. The standard InChI is InChI=1S/C52H33NOS/c1-3-12-34(13-4-1)35-22-27-39(28-23-35)53(46-19-11-21-50-52(46)43-18-9-10-20-49(43)55-50)40-29-24-36(25-30-40)38-26-31-47-45(32-38)51-42-17-8-7-16-41(42)44(33-48(51)54-47)37-14-5-2-6-15-37/h1-33H. The molecule has 0 N–H and O–H groups in total. The van der Waals surface area contributed by atoms with E-state index < -0.39 is 0 Å². The van der Waals surface area contributed by atoms with Gasteiger partial charge >= 0.3 is 0 Å². The monoisotopic (exact) mass is 719 g/mol. The molecule has 11 rings (SSSR count). The summed E-state index contributed by atoms with van der Waals surface area (Å²) in [7, 11) is 0. The van der Waals surface area contributed by atoms with Crippen molar-refractivity contribution in [2.75, 3.05) is 4.90 Å². The lowest BCUT2D eigenvalue weighted by Crippen LogP contribution is -2.10. The van der Waals surface area contributed by atoms with Crippen LogP contribution in [0.3, 0.4) is 0 Å². The highest BCUT2D eigenvalue weighted by molar-refractivity contribution is 7.26. The lowest BCUT2D eigenvalue weighted by Gasteiger charge is -2.27. The maximum absolute atomic E-state index is 6.55. The van der Waals surface area contributed by atoms with E-state index in [-0.39, 0.29) is 0 Å². The van der Waals surface area contributed by atoms with Crippen LogP contribution in [-0.2, 0) is 0 Å². The smallest absolute Gasteiger partial charge is 0.136 e. The summed E-state index contributed by atoms with van der Waals surface area (Å²) in [6, 6.07) is 72.1. The summed E-state index contributed by atoms with van der Waals surface area (Å²) in [5, 5.41) is 7.27. The largest absolute Gasteiger partial charge is 0.456 e. The summed E-state index contributed by atoms with van der Waals surface area (Å²) in [5.74, 6) is 0. The third-order valence-corrected chi connectivity index (χ3v) is 12.0. The Bertz CT molecular complexity index is 3180. The zero-order valence-corrected chi connectivity index (χ0v) is 30.6. The lowest BCUT2D eigenvalue weighted by molar-refractivity contribution is 0.669. The van der Waals surface area contributed by atoms with Gasteiger partial charge in [0.15, 0.2) is 0 Å². The fraction of sp³-hybridized carbons (Fsp3) is 0. The first-order valence-electron chi connectivity index (χ1n) is 18.7. The minimum absolute atomic E-state index is 0.895. The first-order valence-corrected chi connectivity index (χ1v) is 19.5. The van der Waals surface area contributed by atoms with Crippen LogP contribution in [0.1, 0.15) is 0 Å². The van der Waals surface area contributed by atoms with Gasteiger partial charge in [-0.05, 0) is 105 Å². The number of fused-ring (bicyclic) bond motifs is 8. The van der Waals surface area contributed by atoms with E-state index in [9.17, 15) is 0 Å². The van der Waals surface area contributed by atoms with Gasteiger partial charge < -0.3 is 9.32 Å². The summed E-state index contributed by atoms with van der Waals surface area (Å²) in [6.45, 7) is 0. The Labute approximate surface area is 322 Å². The van der Waals surface area contributed by atoms with Crippen LogP contribution in [-0.4, -0.2) is 0 Å². The van der Waals surface area contributed by atoms with Crippen molar-refractivity contribution in [3.63, 3.8) is 0 Å². The van der Waals surface area contributed by atoms with Gasteiger partial charge in [-0.1, -0.05) is 140 Å². The summed E-state index contributed by atoms with van der Waals surface area (Å²) < 4.78 is 9.13. The van der Waals surface area contributed by atoms with Crippen molar-refractivity contribution in [2.24, 2.45) is 0 Å². The van der Waals surface area contributed by atoms with Crippen LogP contribution in [0.2, 0.25) is 0 Å². The second-order valence-electron chi connectivity index (χ2n) is 14.1. The molecule has 0 saturated carbocycles. The van der Waals surface area contributed by atoms with Crippen LogP contribution in [0.25, 0.3) is 86.3 Å². The maximum atomic E-state index is 6.55. The van der Waals surface area contributed by atoms with Crippen molar-refractivity contribution in [2.45, 2.75) is 0 Å². The van der Waals surface area contributed by atoms with Gasteiger partial charge in [-0.25, -0.2) is 0 Å². The molecule has 0 spiro atoms. The fourth-order valence-electron chi connectivity index (χ4n) is 8.28. The zero-order valence-electron chi connectivity index (χ0n) is 29.8. The van der Waals surface area contributed by atoms with E-state index in [0.717, 1.165) is 44.4 Å². The Balaban J connectivity index is 1.04. The second-order valence-corrected chi connectivity index (χ2v) is 15.1. The zero-order chi connectivity index (χ0) is 36.3. The molecule has 258 valence electrons. The van der Waals surface area contributed by atoms with Crippen molar-refractivity contribution in [3.8, 4) is 33.4 Å². The van der Waals surface area contributed by atoms with E-state index in [1.54, 1.807) is 0 Å². The lowest BCUT2D eigenvalue weighted by atomic mass is 9.94. The molecule has 0 unspecified atom stereocenters.